The van der Waals surface area contributed by atoms with E-state index in [-0.39, 0.29) is 53.0 Å². The number of carboxylic acids is 1. The molecule has 0 saturated heterocycles. The molecule has 0 radical (unpaired) electrons. The Kier molecular flexibility index (Phi) is 8.38. The highest BCUT2D eigenvalue weighted by atomic mass is 35.5. The molecular weight excluding hydrogens is 606 g/mol. The molecule has 1 atom stereocenters. The Balaban J connectivity index is 1.34. The van der Waals surface area contributed by atoms with Gasteiger partial charge in [-0.05, 0) is 66.6 Å². The first-order valence-corrected chi connectivity index (χ1v) is 15.1. The van der Waals surface area contributed by atoms with Gasteiger partial charge in [0.25, 0.3) is 11.8 Å². The van der Waals surface area contributed by atoms with Gasteiger partial charge in [0, 0.05) is 24.1 Å². The predicted molar refractivity (Wildman–Crippen MR) is 171 cm³/mol. The molecule has 0 unspecified atom stereocenters. The summed E-state index contributed by atoms with van der Waals surface area (Å²) in [7, 11) is 0. The number of nitrogens with zero attached hydrogens (tertiary/aromatic N) is 3. The van der Waals surface area contributed by atoms with Crippen molar-refractivity contribution in [2.45, 2.75) is 45.7 Å². The molecule has 5 aromatic rings. The highest BCUT2D eigenvalue weighted by Gasteiger charge is 2.29. The van der Waals surface area contributed by atoms with Crippen LogP contribution in [0.2, 0.25) is 5.02 Å². The Morgan fingerprint density at radius 3 is 2.54 bits per heavy atom. The van der Waals surface area contributed by atoms with E-state index in [1.54, 1.807) is 43.3 Å². The van der Waals surface area contributed by atoms with Crippen LogP contribution in [0.5, 0.6) is 0 Å². The smallest absolute Gasteiger partial charge is 0.335 e. The molecule has 0 aliphatic heterocycles. The van der Waals surface area contributed by atoms with Gasteiger partial charge < -0.3 is 15.7 Å². The Morgan fingerprint density at radius 1 is 0.978 bits per heavy atom. The van der Waals surface area contributed by atoms with E-state index in [0.717, 1.165) is 22.3 Å². The molecule has 2 aromatic heterocycles. The van der Waals surface area contributed by atoms with Crippen molar-refractivity contribution in [2.24, 2.45) is 0 Å². The molecule has 0 saturated carbocycles. The van der Waals surface area contributed by atoms with E-state index < -0.39 is 17.8 Å². The van der Waals surface area contributed by atoms with Crippen molar-refractivity contribution in [3.8, 4) is 0 Å². The average molecular weight is 636 g/mol. The lowest BCUT2D eigenvalue weighted by Crippen LogP contribution is -2.31. The molecule has 6 rings (SSSR count). The van der Waals surface area contributed by atoms with Crippen molar-refractivity contribution in [3.05, 3.63) is 134 Å². The maximum absolute atomic E-state index is 13.9. The number of ketones is 1. The molecule has 11 heteroatoms. The van der Waals surface area contributed by atoms with Crippen LogP contribution in [-0.4, -0.2) is 43.3 Å². The summed E-state index contributed by atoms with van der Waals surface area (Å²) in [6, 6.07) is 19.0. The van der Waals surface area contributed by atoms with Gasteiger partial charge in [-0.2, -0.15) is 5.10 Å². The number of fused-ring (bicyclic) bond motifs is 2. The molecular formula is C35H30ClN5O5. The third-order valence-electron chi connectivity index (χ3n) is 8.31. The second-order valence-corrected chi connectivity index (χ2v) is 11.8. The minimum absolute atomic E-state index is 0.0230. The number of aromatic carboxylic acids is 1. The van der Waals surface area contributed by atoms with Crippen molar-refractivity contribution >= 4 is 40.8 Å². The van der Waals surface area contributed by atoms with E-state index in [0.29, 0.717) is 29.0 Å². The van der Waals surface area contributed by atoms with Crippen LogP contribution >= 0.6 is 11.6 Å². The van der Waals surface area contributed by atoms with Gasteiger partial charge >= 0.3 is 5.97 Å². The SMILES string of the molecule is Cc1cccc(CNC(=O)c2cc(C(=O)N[C@H]3CCc4c3ccc(C(=O)O)c4C)n3ncc(C(=O)Cc4ccccc4Cl)c3n2)c1. The van der Waals surface area contributed by atoms with E-state index in [4.69, 9.17) is 11.6 Å². The average Bonchev–Trinajstić information content (AvgIpc) is 3.65. The molecule has 2 heterocycles. The van der Waals surface area contributed by atoms with Crippen LogP contribution < -0.4 is 10.6 Å². The number of nitrogens with one attached hydrogen (secondary N) is 2. The summed E-state index contributed by atoms with van der Waals surface area (Å²) in [4.78, 5) is 56.9. The fraction of sp³-hybridized carbons (Fsp3) is 0.200. The van der Waals surface area contributed by atoms with Gasteiger partial charge in [-0.3, -0.25) is 14.4 Å². The van der Waals surface area contributed by atoms with Crippen LogP contribution in [0.3, 0.4) is 0 Å². The Labute approximate surface area is 269 Å². The number of hydrogen-bond donors (Lipinski definition) is 3. The summed E-state index contributed by atoms with van der Waals surface area (Å²) < 4.78 is 1.27. The molecule has 1 aliphatic rings. The summed E-state index contributed by atoms with van der Waals surface area (Å²) in [5.74, 6) is -2.37. The quantitative estimate of drug-likeness (QED) is 0.182. The van der Waals surface area contributed by atoms with E-state index in [1.807, 2.05) is 31.2 Å². The maximum Gasteiger partial charge on any atom is 0.335 e. The number of aromatic nitrogens is 3. The number of carboxylic acid groups (broad SMARTS) is 1. The Morgan fingerprint density at radius 2 is 1.78 bits per heavy atom. The second kappa shape index (κ2) is 12.6. The van der Waals surface area contributed by atoms with Crippen LogP contribution in [0.1, 0.15) is 87.5 Å². The monoisotopic (exact) mass is 635 g/mol. The summed E-state index contributed by atoms with van der Waals surface area (Å²) in [6.45, 7) is 3.97. The number of rotatable bonds is 9. The van der Waals surface area contributed by atoms with Crippen molar-refractivity contribution in [1.29, 1.82) is 0 Å². The van der Waals surface area contributed by atoms with Crippen molar-refractivity contribution in [3.63, 3.8) is 0 Å². The number of Topliss-reactive ketones (excluding diaryl/α,β-unsaturated/α-hetero) is 1. The van der Waals surface area contributed by atoms with E-state index in [2.05, 4.69) is 20.7 Å². The number of aryl methyl sites for hydroxylation is 1. The molecule has 0 fully saturated rings. The largest absolute Gasteiger partial charge is 0.478 e. The van der Waals surface area contributed by atoms with Crippen LogP contribution in [0.25, 0.3) is 5.65 Å². The minimum Gasteiger partial charge on any atom is -0.478 e. The fourth-order valence-corrected chi connectivity index (χ4v) is 6.14. The van der Waals surface area contributed by atoms with E-state index in [9.17, 15) is 24.3 Å². The fourth-order valence-electron chi connectivity index (χ4n) is 5.94. The molecule has 1 aliphatic carbocycles. The lowest BCUT2D eigenvalue weighted by atomic mass is 9.98. The van der Waals surface area contributed by atoms with E-state index in [1.165, 1.54) is 16.8 Å². The molecule has 3 N–H and O–H groups in total. The molecule has 2 amide bonds. The zero-order valence-corrected chi connectivity index (χ0v) is 25.9. The lowest BCUT2D eigenvalue weighted by Gasteiger charge is -2.16. The summed E-state index contributed by atoms with van der Waals surface area (Å²) in [5.41, 5.74) is 5.40. The van der Waals surface area contributed by atoms with Crippen molar-refractivity contribution < 1.29 is 24.3 Å². The zero-order chi connectivity index (χ0) is 32.5. The first-order valence-electron chi connectivity index (χ1n) is 14.8. The van der Waals surface area contributed by atoms with Crippen LogP contribution in [-0.2, 0) is 19.4 Å². The van der Waals surface area contributed by atoms with Crippen LogP contribution in [0.4, 0.5) is 0 Å². The van der Waals surface area contributed by atoms with Gasteiger partial charge in [-0.15, -0.1) is 0 Å². The van der Waals surface area contributed by atoms with Gasteiger partial charge in [0.05, 0.1) is 23.4 Å². The van der Waals surface area contributed by atoms with Gasteiger partial charge in [0.1, 0.15) is 11.4 Å². The zero-order valence-electron chi connectivity index (χ0n) is 25.1. The third kappa shape index (κ3) is 5.99. The lowest BCUT2D eigenvalue weighted by molar-refractivity contribution is 0.0695. The first-order chi connectivity index (χ1) is 22.1. The van der Waals surface area contributed by atoms with Crippen molar-refractivity contribution in [2.75, 3.05) is 0 Å². The number of carbonyl (C=O) groups is 4. The molecule has 3 aromatic carbocycles. The molecule has 10 nitrogen and oxygen atoms in total. The highest BCUT2D eigenvalue weighted by molar-refractivity contribution is 6.31. The van der Waals surface area contributed by atoms with E-state index >= 15 is 0 Å². The van der Waals surface area contributed by atoms with Crippen molar-refractivity contribution in [1.82, 2.24) is 25.2 Å². The topological polar surface area (TPSA) is 143 Å². The molecule has 0 spiro atoms. The summed E-state index contributed by atoms with van der Waals surface area (Å²) >= 11 is 6.30. The first kappa shape index (κ1) is 30.7. The normalized spacial score (nSPS) is 13.8. The maximum atomic E-state index is 13.9. The number of carbonyl (C=O) groups excluding carboxylic acids is 3. The Hall–Kier alpha value is -5.35. The number of benzene rings is 3. The number of halogens is 1. The van der Waals surface area contributed by atoms with Crippen LogP contribution in [0, 0.1) is 13.8 Å². The second-order valence-electron chi connectivity index (χ2n) is 11.4. The van der Waals surface area contributed by atoms with Gasteiger partial charge in [-0.25, -0.2) is 14.3 Å². The van der Waals surface area contributed by atoms with Gasteiger partial charge in [0.2, 0.25) is 0 Å². The Bertz CT molecular complexity index is 2050. The number of hydrogen-bond acceptors (Lipinski definition) is 6. The highest BCUT2D eigenvalue weighted by Crippen LogP contribution is 2.35. The third-order valence-corrected chi connectivity index (χ3v) is 8.68. The molecule has 46 heavy (non-hydrogen) atoms. The molecule has 0 bridgehead atoms. The summed E-state index contributed by atoms with van der Waals surface area (Å²) in [5, 5.41) is 20.2. The van der Waals surface area contributed by atoms with Gasteiger partial charge in [-0.1, -0.05) is 65.7 Å². The van der Waals surface area contributed by atoms with Gasteiger partial charge in [0.15, 0.2) is 11.4 Å². The number of amides is 2. The standard InChI is InChI=1S/C35H30ClN5O5/c1-19-6-5-7-21(14-19)17-37-33(43)29-16-30(34(44)40-28-13-12-23-20(2)24(35(45)46)10-11-25(23)28)41-32(39-29)26(18-38-41)31(42)15-22-8-3-4-9-27(22)36/h3-11,14,16,18,28H,12-13,15,17H2,1-2H3,(H,37,43)(H,40,44)(H,45,46)/t28-/m0/s1. The van der Waals surface area contributed by atoms with Crippen LogP contribution in [0.15, 0.2) is 72.9 Å². The minimum atomic E-state index is -1.00. The molecule has 232 valence electrons. The summed E-state index contributed by atoms with van der Waals surface area (Å²) in [6.07, 6.45) is 2.50. The predicted octanol–water partition coefficient (Wildman–Crippen LogP) is 5.47.